The van der Waals surface area contributed by atoms with Gasteiger partial charge in [0.05, 0.1) is 12.7 Å². The fraction of sp³-hybridized carbons (Fsp3) is 1.00. The van der Waals surface area contributed by atoms with Gasteiger partial charge in [-0.1, -0.05) is 13.3 Å². The van der Waals surface area contributed by atoms with E-state index in [0.717, 1.165) is 19.3 Å². The molecule has 1 atom stereocenters. The first kappa shape index (κ1) is 16.3. The molecule has 0 aromatic rings. The first-order chi connectivity index (χ1) is 6.72. The van der Waals surface area contributed by atoms with E-state index in [9.17, 15) is 0 Å². The van der Waals surface area contributed by atoms with Gasteiger partial charge in [0.15, 0.2) is 0 Å². The summed E-state index contributed by atoms with van der Waals surface area (Å²) in [7, 11) is 0. The van der Waals surface area contributed by atoms with E-state index in [1.807, 2.05) is 0 Å². The van der Waals surface area contributed by atoms with E-state index in [2.05, 4.69) is 6.92 Å². The molecule has 0 spiro atoms. The number of unbranched alkanes of at least 4 members (excludes halogenated alkanes) is 2. The van der Waals surface area contributed by atoms with Gasteiger partial charge in [-0.05, 0) is 25.7 Å². The third kappa shape index (κ3) is 17.8. The second kappa shape index (κ2) is 15.3. The lowest BCUT2D eigenvalue weighted by molar-refractivity contribution is 0.0848. The van der Waals surface area contributed by atoms with Crippen molar-refractivity contribution < 1.29 is 20.4 Å². The van der Waals surface area contributed by atoms with Crippen molar-refractivity contribution in [1.82, 2.24) is 0 Å². The lowest BCUT2D eigenvalue weighted by atomic mass is 10.2. The SMILES string of the molecule is CCCCO.OCCCCC(O)CO. The van der Waals surface area contributed by atoms with E-state index in [0.29, 0.717) is 19.4 Å². The van der Waals surface area contributed by atoms with Crippen LogP contribution in [0, 0.1) is 0 Å². The van der Waals surface area contributed by atoms with Gasteiger partial charge < -0.3 is 20.4 Å². The average Bonchev–Trinajstić information content (AvgIpc) is 2.20. The quantitative estimate of drug-likeness (QED) is 0.453. The maximum Gasteiger partial charge on any atom is 0.0771 e. The van der Waals surface area contributed by atoms with Gasteiger partial charge in [-0.3, -0.25) is 0 Å². The second-order valence-corrected chi connectivity index (χ2v) is 3.13. The number of aliphatic hydroxyl groups is 4. The molecule has 1 unspecified atom stereocenters. The summed E-state index contributed by atoms with van der Waals surface area (Å²) in [6.45, 7) is 2.39. The molecular weight excluding hydrogens is 184 g/mol. The Morgan fingerprint density at radius 2 is 1.50 bits per heavy atom. The lowest BCUT2D eigenvalue weighted by Gasteiger charge is -2.03. The topological polar surface area (TPSA) is 80.9 Å². The molecule has 0 aromatic heterocycles. The van der Waals surface area contributed by atoms with E-state index in [4.69, 9.17) is 20.4 Å². The van der Waals surface area contributed by atoms with Crippen molar-refractivity contribution in [3.05, 3.63) is 0 Å². The van der Waals surface area contributed by atoms with Crippen molar-refractivity contribution >= 4 is 0 Å². The lowest BCUT2D eigenvalue weighted by Crippen LogP contribution is -2.11. The molecule has 4 N–H and O–H groups in total. The molecule has 0 fully saturated rings. The smallest absolute Gasteiger partial charge is 0.0771 e. The first-order valence-electron chi connectivity index (χ1n) is 5.23. The van der Waals surface area contributed by atoms with Crippen molar-refractivity contribution in [1.29, 1.82) is 0 Å². The van der Waals surface area contributed by atoms with Crippen molar-refractivity contribution in [3.63, 3.8) is 0 Å². The van der Waals surface area contributed by atoms with Gasteiger partial charge in [-0.2, -0.15) is 0 Å². The Balaban J connectivity index is 0. The Bertz CT molecular complexity index is 86.2. The highest BCUT2D eigenvalue weighted by atomic mass is 16.3. The van der Waals surface area contributed by atoms with Gasteiger partial charge in [-0.25, -0.2) is 0 Å². The molecule has 0 radical (unpaired) electrons. The molecule has 0 amide bonds. The zero-order valence-corrected chi connectivity index (χ0v) is 9.02. The fourth-order valence-electron chi connectivity index (χ4n) is 0.741. The van der Waals surface area contributed by atoms with Crippen molar-refractivity contribution in [2.75, 3.05) is 19.8 Å². The van der Waals surface area contributed by atoms with Gasteiger partial charge >= 0.3 is 0 Å². The predicted octanol–water partition coefficient (Wildman–Crippen LogP) is 0.281. The minimum absolute atomic E-state index is 0.165. The minimum atomic E-state index is -0.600. The number of hydrogen-bond acceptors (Lipinski definition) is 4. The van der Waals surface area contributed by atoms with Gasteiger partial charge in [0, 0.05) is 13.2 Å². The molecule has 0 aliphatic carbocycles. The molecule has 0 aliphatic rings. The Hall–Kier alpha value is -0.160. The molecule has 0 aromatic carbocycles. The van der Waals surface area contributed by atoms with Crippen LogP contribution in [-0.2, 0) is 0 Å². The van der Waals surface area contributed by atoms with Crippen LogP contribution in [0.1, 0.15) is 39.0 Å². The molecule has 0 rings (SSSR count). The summed E-state index contributed by atoms with van der Waals surface area (Å²) in [6.07, 6.45) is 3.50. The second-order valence-electron chi connectivity index (χ2n) is 3.13. The molecule has 0 bridgehead atoms. The van der Waals surface area contributed by atoms with Gasteiger partial charge in [0.25, 0.3) is 0 Å². The Kier molecular flexibility index (Phi) is 17.8. The van der Waals surface area contributed by atoms with E-state index < -0.39 is 6.10 Å². The Labute approximate surface area is 86.2 Å². The normalized spacial score (nSPS) is 11.8. The van der Waals surface area contributed by atoms with E-state index in [1.165, 1.54) is 0 Å². The Morgan fingerprint density at radius 1 is 0.929 bits per heavy atom. The molecule has 0 saturated heterocycles. The summed E-state index contributed by atoms with van der Waals surface area (Å²) in [6, 6.07) is 0. The van der Waals surface area contributed by atoms with Crippen LogP contribution in [0.3, 0.4) is 0 Å². The van der Waals surface area contributed by atoms with Gasteiger partial charge in [-0.15, -0.1) is 0 Å². The van der Waals surface area contributed by atoms with Crippen molar-refractivity contribution in [2.24, 2.45) is 0 Å². The van der Waals surface area contributed by atoms with E-state index in [1.54, 1.807) is 0 Å². The summed E-state index contributed by atoms with van der Waals surface area (Å²) in [5.74, 6) is 0. The third-order valence-corrected chi connectivity index (χ3v) is 1.67. The van der Waals surface area contributed by atoms with Crippen LogP contribution in [0.4, 0.5) is 0 Å². The summed E-state index contributed by atoms with van der Waals surface area (Å²) >= 11 is 0. The van der Waals surface area contributed by atoms with Crippen molar-refractivity contribution in [2.45, 2.75) is 45.1 Å². The fourth-order valence-corrected chi connectivity index (χ4v) is 0.741. The highest BCUT2D eigenvalue weighted by molar-refractivity contribution is 4.51. The summed E-state index contributed by atoms with van der Waals surface area (Å²) in [5.41, 5.74) is 0. The van der Waals surface area contributed by atoms with Crippen LogP contribution in [0.25, 0.3) is 0 Å². The summed E-state index contributed by atoms with van der Waals surface area (Å²) < 4.78 is 0. The number of rotatable bonds is 7. The minimum Gasteiger partial charge on any atom is -0.396 e. The maximum absolute atomic E-state index is 8.75. The molecule has 4 nitrogen and oxygen atoms in total. The van der Waals surface area contributed by atoms with Gasteiger partial charge in [0.2, 0.25) is 0 Å². The summed E-state index contributed by atoms with van der Waals surface area (Å²) in [4.78, 5) is 0. The van der Waals surface area contributed by atoms with Crippen LogP contribution in [-0.4, -0.2) is 46.4 Å². The molecule has 88 valence electrons. The number of hydrogen-bond donors (Lipinski definition) is 4. The van der Waals surface area contributed by atoms with E-state index >= 15 is 0 Å². The third-order valence-electron chi connectivity index (χ3n) is 1.67. The summed E-state index contributed by atoms with van der Waals surface area (Å²) in [5, 5.41) is 33.4. The average molecular weight is 208 g/mol. The monoisotopic (exact) mass is 208 g/mol. The van der Waals surface area contributed by atoms with Crippen LogP contribution in [0.2, 0.25) is 0 Å². The van der Waals surface area contributed by atoms with Gasteiger partial charge in [0.1, 0.15) is 0 Å². The van der Waals surface area contributed by atoms with Crippen LogP contribution < -0.4 is 0 Å². The Morgan fingerprint density at radius 3 is 1.79 bits per heavy atom. The molecule has 4 heteroatoms. The molecule has 0 aliphatic heterocycles. The maximum atomic E-state index is 8.75. The molecule has 0 heterocycles. The largest absolute Gasteiger partial charge is 0.396 e. The standard InChI is InChI=1S/C6H14O3.C4H10O/c7-4-2-1-3-6(9)5-8;1-2-3-4-5/h6-9H,1-5H2;5H,2-4H2,1H3. The van der Waals surface area contributed by atoms with Crippen LogP contribution >= 0.6 is 0 Å². The molecule has 0 saturated carbocycles. The zero-order valence-electron chi connectivity index (χ0n) is 9.02. The highest BCUT2D eigenvalue weighted by Gasteiger charge is 1.99. The van der Waals surface area contributed by atoms with Crippen molar-refractivity contribution in [3.8, 4) is 0 Å². The first-order valence-corrected chi connectivity index (χ1v) is 5.23. The van der Waals surface area contributed by atoms with E-state index in [-0.39, 0.29) is 13.2 Å². The zero-order chi connectivity index (χ0) is 11.2. The highest BCUT2D eigenvalue weighted by Crippen LogP contribution is 1.98. The van der Waals surface area contributed by atoms with Crippen LogP contribution in [0.15, 0.2) is 0 Å². The number of aliphatic hydroxyl groups excluding tert-OH is 4. The van der Waals surface area contributed by atoms with Crippen LogP contribution in [0.5, 0.6) is 0 Å². The predicted molar refractivity (Wildman–Crippen MR) is 56.0 cm³/mol. The molecule has 14 heavy (non-hydrogen) atoms. The molecular formula is C10H24O4.